The molecule has 1 aromatic carbocycles. The molecule has 9 heteroatoms. The summed E-state index contributed by atoms with van der Waals surface area (Å²) in [7, 11) is -3.75. The quantitative estimate of drug-likeness (QED) is 0.746. The Morgan fingerprint density at radius 2 is 1.88 bits per heavy atom. The average molecular weight is 378 g/mol. The Bertz CT molecular complexity index is 717. The number of halogens is 2. The Balaban J connectivity index is 0.00000208. The van der Waals surface area contributed by atoms with E-state index in [-0.39, 0.29) is 29.0 Å². The maximum atomic E-state index is 13.6. The van der Waals surface area contributed by atoms with E-state index < -0.39 is 21.7 Å². The van der Waals surface area contributed by atoms with Crippen LogP contribution in [0.5, 0.6) is 0 Å². The second-order valence-electron chi connectivity index (χ2n) is 6.25. The summed E-state index contributed by atoms with van der Waals surface area (Å²) < 4.78 is 41.4. The van der Waals surface area contributed by atoms with E-state index in [1.807, 2.05) is 0 Å². The number of sulfonamides is 1. The summed E-state index contributed by atoms with van der Waals surface area (Å²) >= 11 is 0. The first-order valence-electron chi connectivity index (χ1n) is 7.69. The van der Waals surface area contributed by atoms with Crippen molar-refractivity contribution in [2.24, 2.45) is 0 Å². The van der Waals surface area contributed by atoms with Crippen molar-refractivity contribution in [2.45, 2.75) is 55.6 Å². The van der Waals surface area contributed by atoms with Gasteiger partial charge in [0.1, 0.15) is 5.82 Å². The third-order valence-electron chi connectivity index (χ3n) is 4.35. The Labute approximate surface area is 147 Å². The molecular weight excluding hydrogens is 357 g/mol. The average Bonchev–Trinajstić information content (AvgIpc) is 2.79. The minimum absolute atomic E-state index is 0. The summed E-state index contributed by atoms with van der Waals surface area (Å²) in [6.45, 7) is 1.24. The van der Waals surface area contributed by atoms with Crippen LogP contribution in [-0.4, -0.2) is 32.5 Å². The van der Waals surface area contributed by atoms with Gasteiger partial charge in [-0.1, -0.05) is 0 Å². The Kier molecular flexibility index (Phi) is 5.85. The van der Waals surface area contributed by atoms with Crippen LogP contribution in [0.15, 0.2) is 23.1 Å². The van der Waals surface area contributed by atoms with Crippen molar-refractivity contribution >= 4 is 34.0 Å². The van der Waals surface area contributed by atoms with Crippen LogP contribution in [0.3, 0.4) is 0 Å². The molecular formula is C15H21ClFN3O3S. The van der Waals surface area contributed by atoms with Gasteiger partial charge >= 0.3 is 0 Å². The lowest BCUT2D eigenvalue weighted by Crippen LogP contribution is -2.47. The minimum atomic E-state index is -3.75. The number of piperidine rings is 1. The first-order chi connectivity index (χ1) is 10.8. The minimum Gasteiger partial charge on any atom is -0.324 e. The van der Waals surface area contributed by atoms with Crippen LogP contribution in [0.25, 0.3) is 0 Å². The second-order valence-corrected chi connectivity index (χ2v) is 7.96. The summed E-state index contributed by atoms with van der Waals surface area (Å²) in [6, 6.07) is 4.02. The highest BCUT2D eigenvalue weighted by molar-refractivity contribution is 7.89. The summed E-state index contributed by atoms with van der Waals surface area (Å²) in [5.41, 5.74) is -0.134. The highest BCUT2D eigenvalue weighted by atomic mass is 35.5. The van der Waals surface area contributed by atoms with Gasteiger partial charge in [0.2, 0.25) is 15.9 Å². The molecule has 3 rings (SSSR count). The molecule has 2 atom stereocenters. The predicted octanol–water partition coefficient (Wildman–Crippen LogP) is 1.77. The number of carbonyl (C=O) groups is 1. The fraction of sp³-hybridized carbons (Fsp3) is 0.533. The number of hydrogen-bond acceptors (Lipinski definition) is 4. The number of carbonyl (C=O) groups excluding carboxylic acids is 1. The molecule has 2 bridgehead atoms. The maximum absolute atomic E-state index is 13.6. The van der Waals surface area contributed by atoms with Gasteiger partial charge in [-0.15, -0.1) is 12.4 Å². The zero-order chi connectivity index (χ0) is 16.6. The van der Waals surface area contributed by atoms with Gasteiger partial charge in [-0.25, -0.2) is 17.5 Å². The molecule has 1 aromatic rings. The van der Waals surface area contributed by atoms with Crippen LogP contribution in [0, 0.1) is 5.82 Å². The van der Waals surface area contributed by atoms with Crippen molar-refractivity contribution < 1.29 is 17.6 Å². The first kappa shape index (κ1) is 19.1. The maximum Gasteiger partial charge on any atom is 0.240 e. The number of amides is 1. The molecule has 0 aromatic heterocycles. The molecule has 2 saturated heterocycles. The summed E-state index contributed by atoms with van der Waals surface area (Å²) in [4.78, 5) is 11.0. The molecule has 1 amide bonds. The van der Waals surface area contributed by atoms with E-state index in [1.54, 1.807) is 0 Å². The fourth-order valence-corrected chi connectivity index (χ4v) is 4.69. The molecule has 0 radical (unpaired) electrons. The highest BCUT2D eigenvalue weighted by Gasteiger charge is 2.35. The summed E-state index contributed by atoms with van der Waals surface area (Å²) in [6.07, 6.45) is 3.67. The van der Waals surface area contributed by atoms with Crippen molar-refractivity contribution in [3.8, 4) is 0 Å². The standard InChI is InChI=1S/C15H20FN3O3S.ClH/c1-9(20)17-15-8-13(4-5-14(15)16)23(21,22)19-12-6-10-2-3-11(7-12)18-10;/h4-5,8,10-12,18-19H,2-3,6-7H2,1H3,(H,17,20);1H. The van der Waals surface area contributed by atoms with Crippen LogP contribution >= 0.6 is 12.4 Å². The summed E-state index contributed by atoms with van der Waals surface area (Å²) in [5.74, 6) is -1.12. The van der Waals surface area contributed by atoms with Crippen molar-refractivity contribution in [2.75, 3.05) is 5.32 Å². The molecule has 2 aliphatic heterocycles. The first-order valence-corrected chi connectivity index (χ1v) is 9.17. The smallest absolute Gasteiger partial charge is 0.240 e. The van der Waals surface area contributed by atoms with Crippen molar-refractivity contribution in [3.05, 3.63) is 24.0 Å². The number of anilines is 1. The van der Waals surface area contributed by atoms with Crippen LogP contribution in [0.4, 0.5) is 10.1 Å². The zero-order valence-electron chi connectivity index (χ0n) is 13.2. The lowest BCUT2D eigenvalue weighted by molar-refractivity contribution is -0.114. The topological polar surface area (TPSA) is 87.3 Å². The molecule has 6 nitrogen and oxygen atoms in total. The third kappa shape index (κ3) is 4.24. The largest absolute Gasteiger partial charge is 0.324 e. The van der Waals surface area contributed by atoms with Gasteiger partial charge in [0.15, 0.2) is 0 Å². The van der Waals surface area contributed by atoms with Gasteiger partial charge in [-0.2, -0.15) is 0 Å². The van der Waals surface area contributed by atoms with Gasteiger partial charge in [-0.05, 0) is 43.9 Å². The molecule has 0 saturated carbocycles. The Morgan fingerprint density at radius 3 is 2.46 bits per heavy atom. The van der Waals surface area contributed by atoms with Crippen LogP contribution < -0.4 is 15.4 Å². The fourth-order valence-electron chi connectivity index (χ4n) is 3.40. The summed E-state index contributed by atoms with van der Waals surface area (Å²) in [5, 5.41) is 5.75. The molecule has 24 heavy (non-hydrogen) atoms. The van der Waals surface area contributed by atoms with Crippen molar-refractivity contribution in [3.63, 3.8) is 0 Å². The normalized spacial score (nSPS) is 25.8. The SMILES string of the molecule is CC(=O)Nc1cc(S(=O)(=O)NC2CC3CCC(C2)N3)ccc1F.Cl. The van der Waals surface area contributed by atoms with Gasteiger partial charge in [-0.3, -0.25) is 4.79 Å². The molecule has 0 spiro atoms. The molecule has 0 aliphatic carbocycles. The van der Waals surface area contributed by atoms with Crippen LogP contribution in [0.1, 0.15) is 32.6 Å². The van der Waals surface area contributed by atoms with Gasteiger partial charge < -0.3 is 10.6 Å². The monoisotopic (exact) mass is 377 g/mol. The van der Waals surface area contributed by atoms with E-state index in [0.29, 0.717) is 12.1 Å². The van der Waals surface area contributed by atoms with E-state index in [1.165, 1.54) is 13.0 Å². The lowest BCUT2D eigenvalue weighted by Gasteiger charge is -2.29. The molecule has 3 N–H and O–H groups in total. The van der Waals surface area contributed by atoms with Crippen LogP contribution in [-0.2, 0) is 14.8 Å². The molecule has 134 valence electrons. The van der Waals surface area contributed by atoms with Crippen LogP contribution in [0.2, 0.25) is 0 Å². The second kappa shape index (κ2) is 7.35. The Hall–Kier alpha value is -1.22. The highest BCUT2D eigenvalue weighted by Crippen LogP contribution is 2.28. The zero-order valence-corrected chi connectivity index (χ0v) is 14.8. The van der Waals surface area contributed by atoms with E-state index in [0.717, 1.165) is 37.8 Å². The van der Waals surface area contributed by atoms with E-state index in [9.17, 15) is 17.6 Å². The van der Waals surface area contributed by atoms with Crippen molar-refractivity contribution in [1.82, 2.24) is 10.0 Å². The van der Waals surface area contributed by atoms with Gasteiger partial charge in [0, 0.05) is 25.0 Å². The van der Waals surface area contributed by atoms with E-state index >= 15 is 0 Å². The van der Waals surface area contributed by atoms with E-state index in [4.69, 9.17) is 0 Å². The number of hydrogen-bond donors (Lipinski definition) is 3. The van der Waals surface area contributed by atoms with Gasteiger partial charge in [0.25, 0.3) is 0 Å². The number of rotatable bonds is 4. The third-order valence-corrected chi connectivity index (χ3v) is 5.87. The lowest BCUT2D eigenvalue weighted by atomic mass is 10.0. The molecule has 2 heterocycles. The Morgan fingerprint density at radius 1 is 1.25 bits per heavy atom. The number of benzene rings is 1. The van der Waals surface area contributed by atoms with Crippen molar-refractivity contribution in [1.29, 1.82) is 0 Å². The van der Waals surface area contributed by atoms with Gasteiger partial charge in [0.05, 0.1) is 10.6 Å². The molecule has 2 fully saturated rings. The predicted molar refractivity (Wildman–Crippen MR) is 91.2 cm³/mol. The number of fused-ring (bicyclic) bond motifs is 2. The molecule has 2 unspecified atom stereocenters. The molecule has 2 aliphatic rings. The van der Waals surface area contributed by atoms with E-state index in [2.05, 4.69) is 15.4 Å². The number of nitrogens with one attached hydrogen (secondary N) is 3.